The summed E-state index contributed by atoms with van der Waals surface area (Å²) >= 11 is 0. The van der Waals surface area contributed by atoms with E-state index in [-0.39, 0.29) is 12.0 Å². The number of para-hydroxylation sites is 1. The fraction of sp³-hybridized carbons (Fsp3) is 0.250. The quantitative estimate of drug-likeness (QED) is 0.362. The number of aliphatic hydroxyl groups excluding tert-OH is 2. The molecule has 0 amide bonds. The Bertz CT molecular complexity index is 1420. The van der Waals surface area contributed by atoms with Crippen molar-refractivity contribution in [1.82, 2.24) is 19.6 Å². The van der Waals surface area contributed by atoms with Gasteiger partial charge in [-0.05, 0) is 30.5 Å². The minimum absolute atomic E-state index is 0.0426. The van der Waals surface area contributed by atoms with Crippen LogP contribution in [0.4, 0.5) is 5.82 Å². The molecule has 31 heavy (non-hydrogen) atoms. The van der Waals surface area contributed by atoms with Crippen LogP contribution in [0, 0.1) is 5.92 Å². The summed E-state index contributed by atoms with van der Waals surface area (Å²) in [6, 6.07) is 18.2. The molecule has 0 radical (unpaired) electrons. The molecule has 0 aliphatic heterocycles. The second-order valence-corrected chi connectivity index (χ2v) is 8.51. The molecule has 3 aromatic heterocycles. The van der Waals surface area contributed by atoms with Crippen molar-refractivity contribution in [3.05, 3.63) is 60.8 Å². The third-order valence-corrected chi connectivity index (χ3v) is 6.46. The van der Waals surface area contributed by atoms with Crippen LogP contribution >= 0.6 is 0 Å². The number of aliphatic hydroxyl groups is 2. The van der Waals surface area contributed by atoms with Gasteiger partial charge < -0.3 is 20.5 Å². The third-order valence-electron chi connectivity index (χ3n) is 6.46. The number of rotatable bonds is 3. The normalized spacial score (nSPS) is 23.8. The van der Waals surface area contributed by atoms with Crippen LogP contribution in [0.3, 0.4) is 0 Å². The number of aromatic amines is 1. The average molecular weight is 413 g/mol. The summed E-state index contributed by atoms with van der Waals surface area (Å²) in [4.78, 5) is 7.93. The molecule has 1 aliphatic carbocycles. The zero-order valence-corrected chi connectivity index (χ0v) is 17.0. The van der Waals surface area contributed by atoms with Crippen LogP contribution in [0.5, 0.6) is 0 Å². The van der Waals surface area contributed by atoms with Crippen molar-refractivity contribution >= 4 is 33.3 Å². The van der Waals surface area contributed by atoms with Crippen LogP contribution in [0.1, 0.15) is 13.3 Å². The van der Waals surface area contributed by atoms with Crippen LogP contribution < -0.4 is 5.32 Å². The lowest BCUT2D eigenvalue weighted by atomic mass is 10.1. The Kier molecular flexibility index (Phi) is 4.03. The van der Waals surface area contributed by atoms with Gasteiger partial charge in [-0.2, -0.15) is 9.61 Å². The fourth-order valence-corrected chi connectivity index (χ4v) is 4.75. The second kappa shape index (κ2) is 6.80. The van der Waals surface area contributed by atoms with E-state index >= 15 is 0 Å². The summed E-state index contributed by atoms with van der Waals surface area (Å²) in [6.07, 6.45) is 0.895. The Hall–Kier alpha value is -3.42. The molecule has 0 spiro atoms. The van der Waals surface area contributed by atoms with Crippen molar-refractivity contribution in [2.45, 2.75) is 31.6 Å². The first kappa shape index (κ1) is 18.4. The number of anilines is 1. The van der Waals surface area contributed by atoms with Gasteiger partial charge in [0.25, 0.3) is 0 Å². The summed E-state index contributed by atoms with van der Waals surface area (Å²) in [6.45, 7) is 1.95. The first-order valence-corrected chi connectivity index (χ1v) is 10.6. The first-order valence-electron chi connectivity index (χ1n) is 10.6. The number of H-pyrrole nitrogens is 1. The molecule has 7 nitrogen and oxygen atoms in total. The van der Waals surface area contributed by atoms with E-state index in [1.54, 1.807) is 10.7 Å². The zero-order valence-electron chi connectivity index (χ0n) is 17.0. The predicted octanol–water partition coefficient (Wildman–Crippen LogP) is 3.57. The molecule has 3 heterocycles. The van der Waals surface area contributed by atoms with E-state index in [1.807, 2.05) is 31.2 Å². The molecule has 0 unspecified atom stereocenters. The largest absolute Gasteiger partial charge is 0.390 e. The van der Waals surface area contributed by atoms with Gasteiger partial charge in [0, 0.05) is 39.6 Å². The number of nitrogens with one attached hydrogen (secondary N) is 2. The molecule has 5 aromatic rings. The van der Waals surface area contributed by atoms with E-state index in [9.17, 15) is 10.2 Å². The highest BCUT2D eigenvalue weighted by Gasteiger charge is 2.39. The molecule has 4 atom stereocenters. The van der Waals surface area contributed by atoms with Crippen molar-refractivity contribution < 1.29 is 10.2 Å². The summed E-state index contributed by atoms with van der Waals surface area (Å²) in [5.41, 5.74) is 4.73. The number of fused-ring (bicyclic) bond motifs is 4. The van der Waals surface area contributed by atoms with Gasteiger partial charge in [0.1, 0.15) is 11.9 Å². The van der Waals surface area contributed by atoms with Gasteiger partial charge in [-0.1, -0.05) is 37.3 Å². The Morgan fingerprint density at radius 2 is 1.84 bits per heavy atom. The second-order valence-electron chi connectivity index (χ2n) is 8.51. The van der Waals surface area contributed by atoms with E-state index in [1.165, 1.54) is 10.8 Å². The predicted molar refractivity (Wildman–Crippen MR) is 121 cm³/mol. The number of hydrogen-bond donors (Lipinski definition) is 4. The Morgan fingerprint density at radius 1 is 1.00 bits per heavy atom. The Morgan fingerprint density at radius 3 is 2.68 bits per heavy atom. The fourth-order valence-electron chi connectivity index (χ4n) is 4.75. The summed E-state index contributed by atoms with van der Waals surface area (Å²) < 4.78 is 1.76. The Balaban J connectivity index is 1.39. The summed E-state index contributed by atoms with van der Waals surface area (Å²) in [5, 5.41) is 31.0. The van der Waals surface area contributed by atoms with Gasteiger partial charge in [0.05, 0.1) is 17.8 Å². The van der Waals surface area contributed by atoms with Crippen molar-refractivity contribution in [3.8, 4) is 11.3 Å². The number of hydrogen-bond acceptors (Lipinski definition) is 5. The van der Waals surface area contributed by atoms with Gasteiger partial charge in [-0.3, -0.25) is 0 Å². The molecular formula is C24H23N5O2. The molecular weight excluding hydrogens is 390 g/mol. The van der Waals surface area contributed by atoms with E-state index in [2.05, 4.69) is 45.6 Å². The lowest BCUT2D eigenvalue weighted by Gasteiger charge is -2.19. The highest BCUT2D eigenvalue weighted by atomic mass is 16.3. The van der Waals surface area contributed by atoms with Crippen LogP contribution in [-0.2, 0) is 0 Å². The molecule has 0 bridgehead atoms. The van der Waals surface area contributed by atoms with Gasteiger partial charge in [0.15, 0.2) is 5.65 Å². The van der Waals surface area contributed by atoms with Gasteiger partial charge in [-0.15, -0.1) is 0 Å². The van der Waals surface area contributed by atoms with Gasteiger partial charge >= 0.3 is 0 Å². The van der Waals surface area contributed by atoms with Gasteiger partial charge in [0.2, 0.25) is 0 Å². The average Bonchev–Trinajstić information content (AvgIpc) is 3.44. The minimum atomic E-state index is -0.808. The van der Waals surface area contributed by atoms with Crippen LogP contribution in [0.2, 0.25) is 0 Å². The van der Waals surface area contributed by atoms with Crippen LogP contribution in [0.15, 0.2) is 60.8 Å². The van der Waals surface area contributed by atoms with Crippen molar-refractivity contribution in [2.24, 2.45) is 5.92 Å². The van der Waals surface area contributed by atoms with E-state index < -0.39 is 12.2 Å². The first-order chi connectivity index (χ1) is 15.1. The minimum Gasteiger partial charge on any atom is -0.390 e. The van der Waals surface area contributed by atoms with Crippen molar-refractivity contribution in [3.63, 3.8) is 0 Å². The molecule has 0 saturated heterocycles. The van der Waals surface area contributed by atoms with Crippen LogP contribution in [-0.4, -0.2) is 48.0 Å². The maximum Gasteiger partial charge on any atom is 0.157 e. The number of aromatic nitrogens is 4. The topological polar surface area (TPSA) is 98.5 Å². The SMILES string of the molecule is C[C@@H]1C[C@@H](Nc2ccnc3cc(-c4ccc5c(c4)[nH]c4ccccc45)nn23)[C@H](O)[C@@H]1O. The lowest BCUT2D eigenvalue weighted by Crippen LogP contribution is -2.35. The molecule has 2 aromatic carbocycles. The Labute approximate surface area is 178 Å². The molecule has 7 heteroatoms. The van der Waals surface area contributed by atoms with Crippen molar-refractivity contribution in [1.29, 1.82) is 0 Å². The molecule has 1 fully saturated rings. The number of benzene rings is 2. The van der Waals surface area contributed by atoms with E-state index in [0.717, 1.165) is 33.8 Å². The monoisotopic (exact) mass is 413 g/mol. The van der Waals surface area contributed by atoms with E-state index in [4.69, 9.17) is 5.10 Å². The smallest absolute Gasteiger partial charge is 0.157 e. The number of nitrogens with zero attached hydrogens (tertiary/aromatic N) is 3. The highest BCUT2D eigenvalue weighted by molar-refractivity contribution is 6.08. The summed E-state index contributed by atoms with van der Waals surface area (Å²) in [5.74, 6) is 0.786. The maximum absolute atomic E-state index is 10.3. The van der Waals surface area contributed by atoms with Gasteiger partial charge in [-0.25, -0.2) is 4.98 Å². The van der Waals surface area contributed by atoms with Crippen molar-refractivity contribution in [2.75, 3.05) is 5.32 Å². The summed E-state index contributed by atoms with van der Waals surface area (Å²) in [7, 11) is 0. The van der Waals surface area contributed by atoms with E-state index in [0.29, 0.717) is 6.42 Å². The highest BCUT2D eigenvalue weighted by Crippen LogP contribution is 2.31. The molecule has 156 valence electrons. The molecule has 4 N–H and O–H groups in total. The zero-order chi connectivity index (χ0) is 21.1. The van der Waals surface area contributed by atoms with Crippen LogP contribution in [0.25, 0.3) is 38.7 Å². The maximum atomic E-state index is 10.3. The third kappa shape index (κ3) is 2.89. The molecule has 1 aliphatic rings. The standard InChI is InChI=1S/C24H23N5O2/c1-13-10-20(24(31)23(13)30)27-21-8-9-25-22-12-18(28-29(21)22)14-6-7-16-15-4-2-3-5-17(15)26-19(16)11-14/h2-9,11-13,20,23-24,26-27,30-31H,10H2,1H3/t13-,20-,23-,24+/m1/s1. The molecule has 6 rings (SSSR count). The molecule has 1 saturated carbocycles. The lowest BCUT2D eigenvalue weighted by molar-refractivity contribution is 0.0210.